The number of carbonyl (C=O) groups excluding carboxylic acids is 2. The molecule has 3 aromatic rings. The number of hydrazine groups is 1. The Morgan fingerprint density at radius 2 is 1.37 bits per heavy atom. The second-order valence-electron chi connectivity index (χ2n) is 8.93. The van der Waals surface area contributed by atoms with Gasteiger partial charge in [0.05, 0.1) is 7.11 Å². The summed E-state index contributed by atoms with van der Waals surface area (Å²) in [6, 6.07) is 23.5. The van der Waals surface area contributed by atoms with Gasteiger partial charge in [0.15, 0.2) is 6.04 Å². The molecule has 3 aromatic carbocycles. The van der Waals surface area contributed by atoms with Crippen molar-refractivity contribution in [2.24, 2.45) is 0 Å². The summed E-state index contributed by atoms with van der Waals surface area (Å²) in [6.07, 6.45) is 1.24. The number of esters is 1. The first-order valence-corrected chi connectivity index (χ1v) is 12.6. The highest BCUT2D eigenvalue weighted by molar-refractivity contribution is 5.82. The minimum Gasteiger partial charge on any atom is -0.480 e. The molecule has 3 rings (SSSR count). The minimum absolute atomic E-state index is 0.0479. The zero-order chi connectivity index (χ0) is 27.3. The first-order chi connectivity index (χ1) is 18.4. The molecule has 0 aliphatic carbocycles. The molecule has 0 aromatic heterocycles. The van der Waals surface area contributed by atoms with Crippen molar-refractivity contribution in [3.05, 3.63) is 107 Å². The number of carboxylic acid groups (broad SMARTS) is 1. The Balaban J connectivity index is 1.87. The number of hydrogen-bond donors (Lipinski definition) is 2. The molecule has 0 aliphatic rings. The van der Waals surface area contributed by atoms with E-state index in [1.807, 2.05) is 72.8 Å². The van der Waals surface area contributed by atoms with Gasteiger partial charge in [0, 0.05) is 12.8 Å². The predicted molar refractivity (Wildman–Crippen MR) is 143 cm³/mol. The van der Waals surface area contributed by atoms with Gasteiger partial charge in [-0.15, -0.1) is 0 Å². The van der Waals surface area contributed by atoms with E-state index in [0.29, 0.717) is 0 Å². The second kappa shape index (κ2) is 14.5. The molecule has 0 spiro atoms. The number of amides is 1. The summed E-state index contributed by atoms with van der Waals surface area (Å²) in [5, 5.41) is 11.0. The molecule has 0 radical (unpaired) electrons. The molecule has 0 aliphatic heterocycles. The van der Waals surface area contributed by atoms with Gasteiger partial charge in [-0.2, -0.15) is 0 Å². The maximum atomic E-state index is 13.3. The van der Waals surface area contributed by atoms with Gasteiger partial charge in [0.1, 0.15) is 12.6 Å². The van der Waals surface area contributed by atoms with Gasteiger partial charge in [-0.05, 0) is 28.7 Å². The van der Waals surface area contributed by atoms with Crippen LogP contribution in [0.25, 0.3) is 0 Å². The Morgan fingerprint density at radius 1 is 0.816 bits per heavy atom. The lowest BCUT2D eigenvalue weighted by Gasteiger charge is -2.32. The van der Waals surface area contributed by atoms with E-state index in [-0.39, 0.29) is 19.4 Å². The van der Waals surface area contributed by atoms with Crippen LogP contribution in [0.1, 0.15) is 35.6 Å². The lowest BCUT2D eigenvalue weighted by molar-refractivity contribution is -0.150. The molecule has 200 valence electrons. The van der Waals surface area contributed by atoms with Gasteiger partial charge in [-0.3, -0.25) is 4.79 Å². The number of aryl methyl sites for hydroxylation is 1. The van der Waals surface area contributed by atoms with Crippen LogP contribution < -0.4 is 5.43 Å². The smallest absolute Gasteiger partial charge is 0.425 e. The zero-order valence-corrected chi connectivity index (χ0v) is 21.7. The van der Waals surface area contributed by atoms with Gasteiger partial charge >= 0.3 is 18.0 Å². The maximum Gasteiger partial charge on any atom is 0.425 e. The number of rotatable bonds is 13. The van der Waals surface area contributed by atoms with Gasteiger partial charge in [-0.1, -0.05) is 98.3 Å². The van der Waals surface area contributed by atoms with Gasteiger partial charge in [0.2, 0.25) is 0 Å². The van der Waals surface area contributed by atoms with Crippen LogP contribution in [0.4, 0.5) is 4.79 Å². The summed E-state index contributed by atoms with van der Waals surface area (Å²) in [6.45, 7) is 2.05. The summed E-state index contributed by atoms with van der Waals surface area (Å²) >= 11 is 0. The fourth-order valence-electron chi connectivity index (χ4n) is 4.03. The van der Waals surface area contributed by atoms with Crippen molar-refractivity contribution in [2.45, 2.75) is 51.3 Å². The molecule has 2 N–H and O–H groups in total. The van der Waals surface area contributed by atoms with Crippen LogP contribution in [0.2, 0.25) is 0 Å². The highest BCUT2D eigenvalue weighted by Gasteiger charge is 2.35. The Kier molecular flexibility index (Phi) is 10.9. The quantitative estimate of drug-likeness (QED) is 0.252. The van der Waals surface area contributed by atoms with Gasteiger partial charge in [0.25, 0.3) is 0 Å². The van der Waals surface area contributed by atoms with Crippen molar-refractivity contribution in [3.8, 4) is 0 Å². The number of aliphatic carboxylic acids is 1. The fourth-order valence-corrected chi connectivity index (χ4v) is 4.03. The largest absolute Gasteiger partial charge is 0.480 e. The average Bonchev–Trinajstić information content (AvgIpc) is 2.94. The van der Waals surface area contributed by atoms with Crippen molar-refractivity contribution in [2.75, 3.05) is 7.11 Å². The Morgan fingerprint density at radius 3 is 1.92 bits per heavy atom. The maximum absolute atomic E-state index is 13.3. The second-order valence-corrected chi connectivity index (χ2v) is 8.93. The van der Waals surface area contributed by atoms with E-state index in [1.165, 1.54) is 7.11 Å². The highest BCUT2D eigenvalue weighted by atomic mass is 16.6. The standard InChI is InChI=1S/C30H34N2O6/c1-3-10-22-15-17-24(18-16-22)19-26(28(33)34)31-32(30(36)38-21-25-13-8-5-9-14-25)27(29(35)37-2)20-23-11-6-4-7-12-23/h4-9,11-18,26-27,31H,3,10,19-21H2,1-2H3,(H,33,34)/t26-,27-/m0/s1. The van der Waals surface area contributed by atoms with Crippen molar-refractivity contribution >= 4 is 18.0 Å². The predicted octanol–water partition coefficient (Wildman–Crippen LogP) is 4.56. The van der Waals surface area contributed by atoms with Crippen molar-refractivity contribution < 1.29 is 29.0 Å². The molecule has 0 unspecified atom stereocenters. The van der Waals surface area contributed by atoms with Crippen LogP contribution in [0.5, 0.6) is 0 Å². The summed E-state index contributed by atoms with van der Waals surface area (Å²) in [5.41, 5.74) is 6.23. The molecule has 0 fully saturated rings. The average molecular weight is 519 g/mol. The van der Waals surface area contributed by atoms with E-state index in [1.54, 1.807) is 12.1 Å². The van der Waals surface area contributed by atoms with Crippen LogP contribution in [0, 0.1) is 0 Å². The van der Waals surface area contributed by atoms with E-state index < -0.39 is 30.1 Å². The topological polar surface area (TPSA) is 105 Å². The molecular weight excluding hydrogens is 484 g/mol. The molecular formula is C30H34N2O6. The molecule has 8 heteroatoms. The first kappa shape index (κ1) is 28.4. The van der Waals surface area contributed by atoms with Crippen LogP contribution in [0.3, 0.4) is 0 Å². The van der Waals surface area contributed by atoms with Crippen molar-refractivity contribution in [1.82, 2.24) is 10.4 Å². The number of methoxy groups -OCH3 is 1. The molecule has 0 saturated heterocycles. The fraction of sp³-hybridized carbons (Fsp3) is 0.300. The summed E-state index contributed by atoms with van der Waals surface area (Å²) in [7, 11) is 1.22. The van der Waals surface area contributed by atoms with Crippen molar-refractivity contribution in [1.29, 1.82) is 0 Å². The molecule has 1 amide bonds. The normalized spacial score (nSPS) is 12.3. The van der Waals surface area contributed by atoms with Crippen LogP contribution in [-0.4, -0.2) is 47.3 Å². The number of ether oxygens (including phenoxy) is 2. The van der Waals surface area contributed by atoms with E-state index in [9.17, 15) is 19.5 Å². The zero-order valence-electron chi connectivity index (χ0n) is 21.7. The number of nitrogens with zero attached hydrogens (tertiary/aromatic N) is 1. The Labute approximate surface area is 223 Å². The summed E-state index contributed by atoms with van der Waals surface area (Å²) in [4.78, 5) is 38.5. The molecule has 2 atom stereocenters. The lowest BCUT2D eigenvalue weighted by atomic mass is 10.0. The van der Waals surface area contributed by atoms with Gasteiger partial charge in [-0.25, -0.2) is 20.0 Å². The van der Waals surface area contributed by atoms with Crippen LogP contribution >= 0.6 is 0 Å². The number of benzene rings is 3. The van der Waals surface area contributed by atoms with E-state index in [4.69, 9.17) is 9.47 Å². The monoisotopic (exact) mass is 518 g/mol. The molecule has 0 heterocycles. The SMILES string of the molecule is CCCc1ccc(C[C@H](NN(C(=O)OCc2ccccc2)[C@@H](Cc2ccccc2)C(=O)OC)C(=O)O)cc1. The highest BCUT2D eigenvalue weighted by Crippen LogP contribution is 2.15. The van der Waals surface area contributed by atoms with E-state index in [0.717, 1.165) is 40.1 Å². The Hall–Kier alpha value is -4.17. The number of carbonyl (C=O) groups is 3. The third-order valence-corrected chi connectivity index (χ3v) is 6.05. The molecule has 8 nitrogen and oxygen atoms in total. The number of nitrogens with one attached hydrogen (secondary N) is 1. The summed E-state index contributed by atoms with van der Waals surface area (Å²) in [5.74, 6) is -1.88. The number of hydrogen-bond acceptors (Lipinski definition) is 6. The van der Waals surface area contributed by atoms with E-state index >= 15 is 0 Å². The Bertz CT molecular complexity index is 1170. The lowest BCUT2D eigenvalue weighted by Crippen LogP contribution is -2.59. The minimum atomic E-state index is -1.21. The first-order valence-electron chi connectivity index (χ1n) is 12.6. The third kappa shape index (κ3) is 8.45. The molecule has 0 saturated carbocycles. The summed E-state index contributed by atoms with van der Waals surface area (Å²) < 4.78 is 10.5. The van der Waals surface area contributed by atoms with E-state index in [2.05, 4.69) is 12.3 Å². The van der Waals surface area contributed by atoms with Crippen LogP contribution in [-0.2, 0) is 44.9 Å². The molecule has 0 bridgehead atoms. The number of carboxylic acids is 1. The van der Waals surface area contributed by atoms with Crippen LogP contribution in [0.15, 0.2) is 84.9 Å². The van der Waals surface area contributed by atoms with Crippen molar-refractivity contribution in [3.63, 3.8) is 0 Å². The van der Waals surface area contributed by atoms with Gasteiger partial charge < -0.3 is 14.6 Å². The third-order valence-electron chi connectivity index (χ3n) is 6.05. The molecule has 38 heavy (non-hydrogen) atoms.